The van der Waals surface area contributed by atoms with Crippen LogP contribution in [-0.4, -0.2) is 35.8 Å². The molecule has 4 unspecified atom stereocenters. The Balaban J connectivity index is 2.15. The molecule has 1 aromatic carbocycles. The van der Waals surface area contributed by atoms with Crippen LogP contribution >= 0.6 is 0 Å². The summed E-state index contributed by atoms with van der Waals surface area (Å²) in [5.41, 5.74) is 1.42. The van der Waals surface area contributed by atoms with Gasteiger partial charge in [-0.15, -0.1) is 0 Å². The molecule has 1 aliphatic heterocycles. The first kappa shape index (κ1) is 19.3. The molecule has 1 fully saturated rings. The monoisotopic (exact) mass is 369 g/mol. The van der Waals surface area contributed by atoms with Crippen molar-refractivity contribution in [1.82, 2.24) is 4.90 Å². The lowest BCUT2D eigenvalue weighted by Crippen LogP contribution is -2.45. The number of hydrogen-bond acceptors (Lipinski definition) is 4. The van der Waals surface area contributed by atoms with Crippen molar-refractivity contribution in [3.05, 3.63) is 47.5 Å². The highest BCUT2D eigenvalue weighted by Crippen LogP contribution is 2.49. The van der Waals surface area contributed by atoms with Crippen LogP contribution in [0.25, 0.3) is 0 Å². The van der Waals surface area contributed by atoms with Gasteiger partial charge >= 0.3 is 5.97 Å². The van der Waals surface area contributed by atoms with Gasteiger partial charge < -0.3 is 4.74 Å². The fraction of sp³-hybridized carbons (Fsp3) is 0.500. The van der Waals surface area contributed by atoms with Gasteiger partial charge in [0.1, 0.15) is 0 Å². The molecular formula is C22H27NO4. The Morgan fingerprint density at radius 3 is 2.22 bits per heavy atom. The molecular weight excluding hydrogens is 342 g/mol. The number of nitrogens with zero attached hydrogens (tertiary/aromatic N) is 1. The van der Waals surface area contributed by atoms with E-state index in [0.29, 0.717) is 5.56 Å². The van der Waals surface area contributed by atoms with Crippen LogP contribution in [0, 0.1) is 29.6 Å². The van der Waals surface area contributed by atoms with E-state index in [0.717, 1.165) is 5.57 Å². The number of esters is 1. The zero-order valence-corrected chi connectivity index (χ0v) is 16.5. The molecule has 27 heavy (non-hydrogen) atoms. The van der Waals surface area contributed by atoms with Crippen LogP contribution in [-0.2, 0) is 14.3 Å². The summed E-state index contributed by atoms with van der Waals surface area (Å²) in [6.07, 6.45) is 2.13. The molecule has 2 amide bonds. The third kappa shape index (κ3) is 3.09. The quantitative estimate of drug-likeness (QED) is 0.464. The Morgan fingerprint density at radius 2 is 1.70 bits per heavy atom. The lowest BCUT2D eigenvalue weighted by molar-refractivity contribution is -0.149. The number of likely N-dealkylation sites (tertiary alicyclic amines) is 1. The molecule has 1 aliphatic carbocycles. The minimum atomic E-state index is -0.648. The fourth-order valence-corrected chi connectivity index (χ4v) is 4.49. The number of carbonyl (C=O) groups excluding carboxylic acids is 3. The molecule has 3 rings (SSSR count). The van der Waals surface area contributed by atoms with Gasteiger partial charge in [-0.05, 0) is 35.5 Å². The zero-order valence-electron chi connectivity index (χ0n) is 16.5. The second kappa shape index (κ2) is 7.29. The first-order valence-electron chi connectivity index (χ1n) is 9.51. The number of rotatable bonds is 4. The summed E-state index contributed by atoms with van der Waals surface area (Å²) in [7, 11) is 1.34. The molecule has 0 spiro atoms. The molecule has 2 bridgehead atoms. The molecule has 1 saturated heterocycles. The summed E-state index contributed by atoms with van der Waals surface area (Å²) < 4.78 is 5.05. The molecule has 0 saturated carbocycles. The van der Waals surface area contributed by atoms with E-state index < -0.39 is 23.8 Å². The van der Waals surface area contributed by atoms with E-state index in [1.54, 1.807) is 24.3 Å². The second-order valence-electron chi connectivity index (χ2n) is 8.04. The van der Waals surface area contributed by atoms with E-state index in [-0.39, 0.29) is 29.6 Å². The molecule has 144 valence electrons. The highest BCUT2D eigenvalue weighted by molar-refractivity contribution is 6.09. The molecule has 0 aromatic heterocycles. The van der Waals surface area contributed by atoms with Gasteiger partial charge in [0.25, 0.3) is 5.91 Å². The molecule has 1 aromatic rings. The van der Waals surface area contributed by atoms with Gasteiger partial charge in [-0.3, -0.25) is 19.3 Å². The normalized spacial score (nSPS) is 27.1. The van der Waals surface area contributed by atoms with E-state index in [1.165, 1.54) is 12.0 Å². The Bertz CT molecular complexity index is 781. The highest BCUT2D eigenvalue weighted by Gasteiger charge is 2.60. The van der Waals surface area contributed by atoms with Crippen molar-refractivity contribution in [3.8, 4) is 0 Å². The van der Waals surface area contributed by atoms with Crippen LogP contribution in [0.2, 0.25) is 0 Å². The van der Waals surface area contributed by atoms with Crippen LogP contribution < -0.4 is 0 Å². The predicted octanol–water partition coefficient (Wildman–Crippen LogP) is 3.31. The van der Waals surface area contributed by atoms with Gasteiger partial charge in [0.2, 0.25) is 5.91 Å². The van der Waals surface area contributed by atoms with Gasteiger partial charge in [-0.2, -0.15) is 0 Å². The molecule has 4 atom stereocenters. The molecule has 1 heterocycles. The first-order chi connectivity index (χ1) is 12.8. The van der Waals surface area contributed by atoms with Crippen LogP contribution in [0.15, 0.2) is 42.0 Å². The fourth-order valence-electron chi connectivity index (χ4n) is 4.49. The number of imide groups is 1. The van der Waals surface area contributed by atoms with Gasteiger partial charge in [-0.1, -0.05) is 52.0 Å². The van der Waals surface area contributed by atoms with Gasteiger partial charge in [-0.25, -0.2) is 0 Å². The maximum Gasteiger partial charge on any atom is 0.311 e. The standard InChI is InChI=1S/C22H27NO4/c1-12(2)15-11-16(13(3)4)19-18(22(26)27-5)17(15)21(25)23(19)20(24)14-9-7-6-8-10-14/h6-13,15,17-19H,1-5H3. The molecule has 5 heteroatoms. The van der Waals surface area contributed by atoms with Crippen molar-refractivity contribution in [2.45, 2.75) is 33.7 Å². The van der Waals surface area contributed by atoms with Crippen LogP contribution in [0.3, 0.4) is 0 Å². The topological polar surface area (TPSA) is 63.7 Å². The SMILES string of the molecule is COC(=O)C1C2C(=O)N(C(=O)c3ccccc3)C1C(C(C)C)=CC2C(C)C. The van der Waals surface area contributed by atoms with Gasteiger partial charge in [0.05, 0.1) is 25.0 Å². The van der Waals surface area contributed by atoms with Crippen molar-refractivity contribution in [2.75, 3.05) is 7.11 Å². The summed E-state index contributed by atoms with van der Waals surface area (Å²) in [5.74, 6) is -2.05. The van der Waals surface area contributed by atoms with E-state index in [2.05, 4.69) is 6.08 Å². The first-order valence-corrected chi connectivity index (χ1v) is 9.51. The number of carbonyl (C=O) groups is 3. The van der Waals surface area contributed by atoms with Crippen molar-refractivity contribution in [1.29, 1.82) is 0 Å². The van der Waals surface area contributed by atoms with Crippen LogP contribution in [0.4, 0.5) is 0 Å². The number of fused-ring (bicyclic) bond motifs is 2. The Morgan fingerprint density at radius 1 is 1.07 bits per heavy atom. The summed E-state index contributed by atoms with van der Waals surface area (Å²) >= 11 is 0. The number of allylic oxidation sites excluding steroid dienone is 1. The molecule has 0 radical (unpaired) electrons. The van der Waals surface area contributed by atoms with E-state index in [9.17, 15) is 14.4 Å². The van der Waals surface area contributed by atoms with Crippen molar-refractivity contribution in [3.63, 3.8) is 0 Å². The minimum absolute atomic E-state index is 0.0937. The largest absolute Gasteiger partial charge is 0.469 e. The third-order valence-corrected chi connectivity index (χ3v) is 5.82. The maximum absolute atomic E-state index is 13.4. The lowest BCUT2D eigenvalue weighted by atomic mass is 9.68. The van der Waals surface area contributed by atoms with Crippen LogP contribution in [0.1, 0.15) is 38.1 Å². The Kier molecular flexibility index (Phi) is 5.22. The number of methoxy groups -OCH3 is 1. The number of benzene rings is 1. The second-order valence-corrected chi connectivity index (χ2v) is 8.04. The number of hydrogen-bond donors (Lipinski definition) is 0. The average molecular weight is 369 g/mol. The summed E-state index contributed by atoms with van der Waals surface area (Å²) in [6, 6.07) is 8.19. The molecule has 2 aliphatic rings. The predicted molar refractivity (Wildman–Crippen MR) is 102 cm³/mol. The Hall–Kier alpha value is -2.43. The Labute approximate surface area is 160 Å². The maximum atomic E-state index is 13.4. The summed E-state index contributed by atoms with van der Waals surface area (Å²) in [6.45, 7) is 8.16. The smallest absolute Gasteiger partial charge is 0.311 e. The van der Waals surface area contributed by atoms with E-state index >= 15 is 0 Å². The minimum Gasteiger partial charge on any atom is -0.469 e. The van der Waals surface area contributed by atoms with Gasteiger partial charge in [0, 0.05) is 5.56 Å². The zero-order chi connectivity index (χ0) is 19.9. The van der Waals surface area contributed by atoms with Crippen molar-refractivity contribution >= 4 is 17.8 Å². The molecule has 0 N–H and O–H groups in total. The van der Waals surface area contributed by atoms with Crippen LogP contribution in [0.5, 0.6) is 0 Å². The van der Waals surface area contributed by atoms with Crippen molar-refractivity contribution < 1.29 is 19.1 Å². The van der Waals surface area contributed by atoms with Gasteiger partial charge in [0.15, 0.2) is 0 Å². The summed E-state index contributed by atoms with van der Waals surface area (Å²) in [4.78, 5) is 40.6. The van der Waals surface area contributed by atoms with E-state index in [4.69, 9.17) is 4.74 Å². The van der Waals surface area contributed by atoms with Crippen molar-refractivity contribution in [2.24, 2.45) is 29.6 Å². The van der Waals surface area contributed by atoms with E-state index in [1.807, 2.05) is 33.8 Å². The number of ether oxygens (including phenoxy) is 1. The lowest BCUT2D eigenvalue weighted by Gasteiger charge is -2.36. The highest BCUT2D eigenvalue weighted by atomic mass is 16.5. The molecule has 5 nitrogen and oxygen atoms in total. The number of amides is 2. The third-order valence-electron chi connectivity index (χ3n) is 5.82. The summed E-state index contributed by atoms with van der Waals surface area (Å²) in [5, 5.41) is 0. The average Bonchev–Trinajstić information content (AvgIpc) is 2.87.